The van der Waals surface area contributed by atoms with E-state index >= 15 is 0 Å². The number of benzene rings is 4. The number of allylic oxidation sites excluding steroid dienone is 2. The van der Waals surface area contributed by atoms with Crippen LogP contribution < -0.4 is 4.74 Å². The molecular formula is C30H22O3. The Labute approximate surface area is 193 Å². The SMILES string of the molecule is O=C(/C=C\c1ccccc1)c1ccc(Oc2ccc(C(=O)/C=C/c3ccccc3)cc2)cc1. The van der Waals surface area contributed by atoms with Gasteiger partial charge in [0, 0.05) is 11.1 Å². The molecule has 4 rings (SSSR count). The van der Waals surface area contributed by atoms with Crippen LogP contribution in [0.15, 0.2) is 121 Å². The molecule has 4 aromatic rings. The molecule has 0 N–H and O–H groups in total. The summed E-state index contributed by atoms with van der Waals surface area (Å²) < 4.78 is 5.85. The van der Waals surface area contributed by atoms with Gasteiger partial charge in [-0.25, -0.2) is 0 Å². The van der Waals surface area contributed by atoms with E-state index in [1.54, 1.807) is 72.8 Å². The van der Waals surface area contributed by atoms with Crippen LogP contribution >= 0.6 is 0 Å². The lowest BCUT2D eigenvalue weighted by atomic mass is 10.1. The second-order valence-electron chi connectivity index (χ2n) is 7.37. The summed E-state index contributed by atoms with van der Waals surface area (Å²) >= 11 is 0. The van der Waals surface area contributed by atoms with E-state index in [1.807, 2.05) is 60.7 Å². The summed E-state index contributed by atoms with van der Waals surface area (Å²) in [5.74, 6) is 1.08. The van der Waals surface area contributed by atoms with Crippen molar-refractivity contribution in [2.45, 2.75) is 0 Å². The topological polar surface area (TPSA) is 43.4 Å². The fourth-order valence-electron chi connectivity index (χ4n) is 3.18. The first-order chi connectivity index (χ1) is 16.2. The first-order valence-corrected chi connectivity index (χ1v) is 10.6. The van der Waals surface area contributed by atoms with Crippen molar-refractivity contribution in [3.63, 3.8) is 0 Å². The second kappa shape index (κ2) is 10.7. The van der Waals surface area contributed by atoms with Crippen LogP contribution in [0.3, 0.4) is 0 Å². The Balaban J connectivity index is 1.35. The van der Waals surface area contributed by atoms with Crippen LogP contribution in [-0.2, 0) is 0 Å². The highest BCUT2D eigenvalue weighted by Crippen LogP contribution is 2.23. The van der Waals surface area contributed by atoms with Crippen molar-refractivity contribution in [3.05, 3.63) is 144 Å². The zero-order valence-electron chi connectivity index (χ0n) is 17.9. The Morgan fingerprint density at radius 3 is 1.21 bits per heavy atom. The van der Waals surface area contributed by atoms with E-state index in [0.717, 1.165) is 11.1 Å². The lowest BCUT2D eigenvalue weighted by molar-refractivity contribution is 0.103. The minimum absolute atomic E-state index is 0.0724. The second-order valence-corrected chi connectivity index (χ2v) is 7.37. The van der Waals surface area contributed by atoms with E-state index < -0.39 is 0 Å². The van der Waals surface area contributed by atoms with E-state index in [9.17, 15) is 9.59 Å². The van der Waals surface area contributed by atoms with Gasteiger partial charge < -0.3 is 4.74 Å². The van der Waals surface area contributed by atoms with E-state index in [2.05, 4.69) is 0 Å². The first-order valence-electron chi connectivity index (χ1n) is 10.6. The quantitative estimate of drug-likeness (QED) is 0.218. The molecule has 3 heteroatoms. The van der Waals surface area contributed by atoms with Gasteiger partial charge in [0.05, 0.1) is 0 Å². The predicted molar refractivity (Wildman–Crippen MR) is 133 cm³/mol. The number of ketones is 2. The molecule has 0 spiro atoms. The lowest BCUT2D eigenvalue weighted by Crippen LogP contribution is -1.95. The highest BCUT2D eigenvalue weighted by Gasteiger charge is 2.05. The Morgan fingerprint density at radius 2 is 0.848 bits per heavy atom. The van der Waals surface area contributed by atoms with Gasteiger partial charge in [-0.1, -0.05) is 72.8 Å². The monoisotopic (exact) mass is 430 g/mol. The van der Waals surface area contributed by atoms with Crippen LogP contribution in [0.2, 0.25) is 0 Å². The highest BCUT2D eigenvalue weighted by molar-refractivity contribution is 6.07. The van der Waals surface area contributed by atoms with Crippen LogP contribution in [-0.4, -0.2) is 11.6 Å². The molecule has 0 aliphatic carbocycles. The van der Waals surface area contributed by atoms with Gasteiger partial charge >= 0.3 is 0 Å². The van der Waals surface area contributed by atoms with Gasteiger partial charge in [0.15, 0.2) is 11.6 Å². The molecule has 160 valence electrons. The summed E-state index contributed by atoms with van der Waals surface area (Å²) in [7, 11) is 0. The summed E-state index contributed by atoms with van der Waals surface area (Å²) in [6, 6.07) is 33.3. The molecule has 0 aliphatic rings. The van der Waals surface area contributed by atoms with Crippen LogP contribution in [0.5, 0.6) is 11.5 Å². The van der Waals surface area contributed by atoms with E-state index in [4.69, 9.17) is 4.74 Å². The molecule has 4 aromatic carbocycles. The minimum atomic E-state index is -0.0724. The third kappa shape index (κ3) is 6.25. The van der Waals surface area contributed by atoms with Gasteiger partial charge in [0.2, 0.25) is 0 Å². The molecule has 33 heavy (non-hydrogen) atoms. The van der Waals surface area contributed by atoms with E-state index in [0.29, 0.717) is 22.6 Å². The maximum absolute atomic E-state index is 12.4. The standard InChI is InChI=1S/C30H22O3/c31-29(21-11-23-7-3-1-4-8-23)25-13-17-27(18-14-25)33-28-19-15-26(16-20-28)30(32)22-12-24-9-5-2-6-10-24/h1-22H/b21-11-,22-12+. The Hall–Kier alpha value is -4.50. The van der Waals surface area contributed by atoms with Crippen molar-refractivity contribution < 1.29 is 14.3 Å². The van der Waals surface area contributed by atoms with Crippen molar-refractivity contribution in [1.29, 1.82) is 0 Å². The van der Waals surface area contributed by atoms with Gasteiger partial charge in [-0.15, -0.1) is 0 Å². The molecule has 3 nitrogen and oxygen atoms in total. The fraction of sp³-hybridized carbons (Fsp3) is 0. The van der Waals surface area contributed by atoms with Crippen LogP contribution in [0.4, 0.5) is 0 Å². The number of carbonyl (C=O) groups excluding carboxylic acids is 2. The molecule has 0 saturated carbocycles. The number of ether oxygens (including phenoxy) is 1. The van der Waals surface area contributed by atoms with Crippen molar-refractivity contribution in [2.24, 2.45) is 0 Å². The lowest BCUT2D eigenvalue weighted by Gasteiger charge is -2.07. The van der Waals surface area contributed by atoms with E-state index in [1.165, 1.54) is 0 Å². The minimum Gasteiger partial charge on any atom is -0.457 e. The third-order valence-corrected chi connectivity index (χ3v) is 4.97. The van der Waals surface area contributed by atoms with E-state index in [-0.39, 0.29) is 11.6 Å². The Morgan fingerprint density at radius 1 is 0.485 bits per heavy atom. The number of carbonyl (C=O) groups is 2. The van der Waals surface area contributed by atoms with Gasteiger partial charge in [-0.2, -0.15) is 0 Å². The normalized spacial score (nSPS) is 11.0. The third-order valence-electron chi connectivity index (χ3n) is 4.97. The van der Waals surface area contributed by atoms with Crippen molar-refractivity contribution in [3.8, 4) is 11.5 Å². The molecule has 0 aliphatic heterocycles. The molecule has 0 saturated heterocycles. The van der Waals surface area contributed by atoms with Crippen LogP contribution in [0.1, 0.15) is 31.8 Å². The molecule has 0 heterocycles. The summed E-state index contributed by atoms with van der Waals surface area (Å²) in [6.07, 6.45) is 6.72. The smallest absolute Gasteiger partial charge is 0.185 e. The maximum Gasteiger partial charge on any atom is 0.185 e. The molecule has 0 aromatic heterocycles. The van der Waals surface area contributed by atoms with Crippen molar-refractivity contribution in [1.82, 2.24) is 0 Å². The van der Waals surface area contributed by atoms with Gasteiger partial charge in [0.25, 0.3) is 0 Å². The van der Waals surface area contributed by atoms with Gasteiger partial charge in [-0.3, -0.25) is 9.59 Å². The summed E-state index contributed by atoms with van der Waals surface area (Å²) in [5.41, 5.74) is 3.12. The Kier molecular flexibility index (Phi) is 7.04. The molecular weight excluding hydrogens is 408 g/mol. The number of rotatable bonds is 8. The van der Waals surface area contributed by atoms with Crippen LogP contribution in [0, 0.1) is 0 Å². The molecule has 0 unspecified atom stereocenters. The molecule has 0 bridgehead atoms. The molecule has 0 amide bonds. The number of hydrogen-bond acceptors (Lipinski definition) is 3. The first kappa shape index (κ1) is 21.7. The largest absolute Gasteiger partial charge is 0.457 e. The zero-order chi connectivity index (χ0) is 22.9. The predicted octanol–water partition coefficient (Wildman–Crippen LogP) is 7.27. The highest BCUT2D eigenvalue weighted by atomic mass is 16.5. The molecule has 0 fully saturated rings. The maximum atomic E-state index is 12.4. The summed E-state index contributed by atoms with van der Waals surface area (Å²) in [6.45, 7) is 0. The summed E-state index contributed by atoms with van der Waals surface area (Å²) in [5, 5.41) is 0. The zero-order valence-corrected chi connectivity index (χ0v) is 17.9. The van der Waals surface area contributed by atoms with Crippen LogP contribution in [0.25, 0.3) is 12.2 Å². The Bertz CT molecular complexity index is 1170. The molecule has 0 radical (unpaired) electrons. The molecule has 0 atom stereocenters. The summed E-state index contributed by atoms with van der Waals surface area (Å²) in [4.78, 5) is 24.7. The van der Waals surface area contributed by atoms with Crippen molar-refractivity contribution in [2.75, 3.05) is 0 Å². The van der Waals surface area contributed by atoms with Gasteiger partial charge in [0.1, 0.15) is 11.5 Å². The fourth-order valence-corrected chi connectivity index (χ4v) is 3.18. The average molecular weight is 431 g/mol. The van der Waals surface area contributed by atoms with Gasteiger partial charge in [-0.05, 0) is 71.8 Å². The number of hydrogen-bond donors (Lipinski definition) is 0. The van der Waals surface area contributed by atoms with Crippen molar-refractivity contribution >= 4 is 23.7 Å². The average Bonchev–Trinajstić information content (AvgIpc) is 2.88.